The van der Waals surface area contributed by atoms with Crippen molar-refractivity contribution in [3.8, 4) is 10.6 Å². The second-order valence-electron chi connectivity index (χ2n) is 7.69. The van der Waals surface area contributed by atoms with Gasteiger partial charge in [-0.15, -0.1) is 11.3 Å². The van der Waals surface area contributed by atoms with E-state index in [1.54, 1.807) is 7.05 Å². The van der Waals surface area contributed by atoms with Gasteiger partial charge in [-0.3, -0.25) is 9.59 Å². The van der Waals surface area contributed by atoms with E-state index in [9.17, 15) is 9.59 Å². The van der Waals surface area contributed by atoms with Crippen LogP contribution >= 0.6 is 11.3 Å². The maximum absolute atomic E-state index is 13.2. The molecule has 1 aliphatic heterocycles. The highest BCUT2D eigenvalue weighted by Gasteiger charge is 2.30. The Hall–Kier alpha value is -3.00. The number of carbonyl (C=O) groups excluding carboxylic acids is 1. The summed E-state index contributed by atoms with van der Waals surface area (Å²) in [7, 11) is 1.63. The summed E-state index contributed by atoms with van der Waals surface area (Å²) in [5, 5.41) is 8.30. The molecule has 4 rings (SSSR count). The SMILES string of the molecule is Cc1nc(-c2c(C)c(C)nn(C)c2=O)sc1C(=O)N1CCC(Nc2ccccc2)C1. The fraction of sp³-hybridized carbons (Fsp3) is 0.364. The monoisotopic (exact) mass is 423 g/mol. The van der Waals surface area contributed by atoms with Crippen molar-refractivity contribution in [2.45, 2.75) is 33.2 Å². The number of para-hydroxylation sites is 1. The molecule has 1 aliphatic rings. The molecular weight excluding hydrogens is 398 g/mol. The Labute approximate surface area is 179 Å². The highest BCUT2D eigenvalue weighted by Crippen LogP contribution is 2.30. The Kier molecular flexibility index (Phi) is 5.42. The second-order valence-corrected chi connectivity index (χ2v) is 8.69. The quantitative estimate of drug-likeness (QED) is 0.697. The molecule has 1 atom stereocenters. The molecule has 1 aromatic carbocycles. The number of aryl methyl sites for hydroxylation is 3. The average molecular weight is 424 g/mol. The zero-order valence-corrected chi connectivity index (χ0v) is 18.4. The van der Waals surface area contributed by atoms with Gasteiger partial charge < -0.3 is 10.2 Å². The van der Waals surface area contributed by atoms with Gasteiger partial charge in [0.15, 0.2) is 0 Å². The summed E-state index contributed by atoms with van der Waals surface area (Å²) in [6.07, 6.45) is 0.897. The van der Waals surface area contributed by atoms with Crippen LogP contribution in [0.1, 0.15) is 33.0 Å². The van der Waals surface area contributed by atoms with Gasteiger partial charge in [-0.1, -0.05) is 18.2 Å². The van der Waals surface area contributed by atoms with Crippen LogP contribution in [0.15, 0.2) is 35.1 Å². The molecular formula is C22H25N5O2S. The number of aromatic nitrogens is 3. The predicted molar refractivity (Wildman–Crippen MR) is 119 cm³/mol. The number of benzene rings is 1. The van der Waals surface area contributed by atoms with Gasteiger partial charge >= 0.3 is 0 Å². The van der Waals surface area contributed by atoms with Crippen LogP contribution in [0, 0.1) is 20.8 Å². The van der Waals surface area contributed by atoms with Crippen LogP contribution in [0.2, 0.25) is 0 Å². The molecule has 0 bridgehead atoms. The van der Waals surface area contributed by atoms with E-state index in [1.807, 2.05) is 56.0 Å². The number of anilines is 1. The minimum absolute atomic E-state index is 0.0196. The van der Waals surface area contributed by atoms with Crippen molar-refractivity contribution >= 4 is 22.9 Å². The molecule has 2 aromatic heterocycles. The highest BCUT2D eigenvalue weighted by molar-refractivity contribution is 7.17. The zero-order valence-electron chi connectivity index (χ0n) is 17.6. The van der Waals surface area contributed by atoms with Gasteiger partial charge in [-0.2, -0.15) is 5.10 Å². The van der Waals surface area contributed by atoms with Gasteiger partial charge in [-0.25, -0.2) is 9.67 Å². The molecule has 1 unspecified atom stereocenters. The largest absolute Gasteiger partial charge is 0.380 e. The smallest absolute Gasteiger partial charge is 0.277 e. The number of thiazole rings is 1. The van der Waals surface area contributed by atoms with Crippen LogP contribution in [0.5, 0.6) is 0 Å². The minimum Gasteiger partial charge on any atom is -0.380 e. The first-order valence-corrected chi connectivity index (χ1v) is 10.8. The van der Waals surface area contributed by atoms with Crippen molar-refractivity contribution in [3.63, 3.8) is 0 Å². The van der Waals surface area contributed by atoms with Gasteiger partial charge in [0.05, 0.1) is 17.0 Å². The number of amides is 1. The standard InChI is InChI=1S/C22H25N5O2S/c1-13-14(2)25-26(4)21(28)18(13)20-23-15(3)19(30-20)22(29)27-11-10-17(12-27)24-16-8-6-5-7-9-16/h5-9,17,24H,10-12H2,1-4H3. The third-order valence-corrected chi connectivity index (χ3v) is 6.71. The molecule has 3 heterocycles. The van der Waals surface area contributed by atoms with Crippen molar-refractivity contribution in [1.82, 2.24) is 19.7 Å². The van der Waals surface area contributed by atoms with Gasteiger partial charge in [0.25, 0.3) is 11.5 Å². The number of likely N-dealkylation sites (tertiary alicyclic amines) is 1. The van der Waals surface area contributed by atoms with E-state index in [-0.39, 0.29) is 17.5 Å². The first-order valence-electron chi connectivity index (χ1n) is 9.98. The maximum atomic E-state index is 13.2. The molecule has 30 heavy (non-hydrogen) atoms. The first-order chi connectivity index (χ1) is 14.3. The topological polar surface area (TPSA) is 80.1 Å². The fourth-order valence-corrected chi connectivity index (χ4v) is 4.91. The Morgan fingerprint density at radius 2 is 1.90 bits per heavy atom. The van der Waals surface area contributed by atoms with Crippen LogP contribution < -0.4 is 10.9 Å². The molecule has 0 aliphatic carbocycles. The number of nitrogens with one attached hydrogen (secondary N) is 1. The Morgan fingerprint density at radius 3 is 2.63 bits per heavy atom. The van der Waals surface area contributed by atoms with E-state index in [2.05, 4.69) is 15.4 Å². The number of nitrogens with zero attached hydrogens (tertiary/aromatic N) is 4. The lowest BCUT2D eigenvalue weighted by molar-refractivity contribution is 0.0795. The molecule has 7 nitrogen and oxygen atoms in total. The Bertz CT molecular complexity index is 1150. The summed E-state index contributed by atoms with van der Waals surface area (Å²) < 4.78 is 1.33. The molecule has 1 fully saturated rings. The fourth-order valence-electron chi connectivity index (χ4n) is 3.78. The molecule has 1 amide bonds. The van der Waals surface area contributed by atoms with Crippen molar-refractivity contribution in [2.75, 3.05) is 18.4 Å². The van der Waals surface area contributed by atoms with Crippen molar-refractivity contribution < 1.29 is 4.79 Å². The predicted octanol–water partition coefficient (Wildman–Crippen LogP) is 3.16. The van der Waals surface area contributed by atoms with E-state index in [0.29, 0.717) is 34.2 Å². The molecule has 0 radical (unpaired) electrons. The molecule has 0 saturated carbocycles. The normalized spacial score (nSPS) is 16.1. The summed E-state index contributed by atoms with van der Waals surface area (Å²) in [5.74, 6) is -0.0196. The molecule has 3 aromatic rings. The Balaban J connectivity index is 1.56. The maximum Gasteiger partial charge on any atom is 0.277 e. The lowest BCUT2D eigenvalue weighted by Crippen LogP contribution is -2.31. The zero-order chi connectivity index (χ0) is 21.4. The molecule has 156 valence electrons. The molecule has 1 N–H and O–H groups in total. The molecule has 1 saturated heterocycles. The Morgan fingerprint density at radius 1 is 1.17 bits per heavy atom. The summed E-state index contributed by atoms with van der Waals surface area (Å²) in [5.41, 5.74) is 3.64. The third-order valence-electron chi connectivity index (χ3n) is 5.55. The second kappa shape index (κ2) is 8.02. The van der Waals surface area contributed by atoms with Crippen molar-refractivity contribution in [1.29, 1.82) is 0 Å². The molecule has 8 heteroatoms. The van der Waals surface area contributed by atoms with E-state index >= 15 is 0 Å². The van der Waals surface area contributed by atoms with Crippen LogP contribution in [-0.4, -0.2) is 44.7 Å². The van der Waals surface area contributed by atoms with Gasteiger partial charge in [-0.05, 0) is 44.9 Å². The van der Waals surface area contributed by atoms with E-state index in [0.717, 1.165) is 23.4 Å². The average Bonchev–Trinajstić information content (AvgIpc) is 3.34. The lowest BCUT2D eigenvalue weighted by Gasteiger charge is -2.17. The van der Waals surface area contributed by atoms with E-state index < -0.39 is 0 Å². The highest BCUT2D eigenvalue weighted by atomic mass is 32.1. The summed E-state index contributed by atoms with van der Waals surface area (Å²) >= 11 is 1.29. The lowest BCUT2D eigenvalue weighted by atomic mass is 10.1. The first kappa shape index (κ1) is 20.3. The number of carbonyl (C=O) groups is 1. The molecule has 0 spiro atoms. The summed E-state index contributed by atoms with van der Waals surface area (Å²) in [6.45, 7) is 6.92. The van der Waals surface area contributed by atoms with Gasteiger partial charge in [0.2, 0.25) is 0 Å². The third kappa shape index (κ3) is 3.75. The van der Waals surface area contributed by atoms with Crippen LogP contribution in [-0.2, 0) is 7.05 Å². The van der Waals surface area contributed by atoms with Crippen molar-refractivity contribution in [3.05, 3.63) is 62.5 Å². The number of hydrogen-bond donors (Lipinski definition) is 1. The number of hydrogen-bond acceptors (Lipinski definition) is 6. The van der Waals surface area contributed by atoms with Crippen molar-refractivity contribution in [2.24, 2.45) is 7.05 Å². The number of rotatable bonds is 4. The summed E-state index contributed by atoms with van der Waals surface area (Å²) in [4.78, 5) is 32.9. The summed E-state index contributed by atoms with van der Waals surface area (Å²) in [6, 6.07) is 10.3. The van der Waals surface area contributed by atoms with E-state index in [1.165, 1.54) is 16.0 Å². The van der Waals surface area contributed by atoms with E-state index in [4.69, 9.17) is 0 Å². The van der Waals surface area contributed by atoms with Crippen LogP contribution in [0.4, 0.5) is 5.69 Å². The van der Waals surface area contributed by atoms with Crippen LogP contribution in [0.25, 0.3) is 10.6 Å². The van der Waals surface area contributed by atoms with Gasteiger partial charge in [0, 0.05) is 31.9 Å². The van der Waals surface area contributed by atoms with Gasteiger partial charge in [0.1, 0.15) is 9.88 Å². The van der Waals surface area contributed by atoms with Crippen LogP contribution in [0.3, 0.4) is 0 Å². The minimum atomic E-state index is -0.195.